The Balaban J connectivity index is 2.23. The molecule has 1 heterocycles. The zero-order valence-electron chi connectivity index (χ0n) is 8.33. The molecule has 4 heteroatoms. The molecular weight excluding hydrogens is 228 g/mol. The van der Waals surface area contributed by atoms with Gasteiger partial charge in [-0.15, -0.1) is 0 Å². The molecule has 0 aliphatic heterocycles. The highest BCUT2D eigenvalue weighted by atomic mass is 35.5. The average molecular weight is 239 g/mol. The number of H-pyrrole nitrogens is 1. The van der Waals surface area contributed by atoms with E-state index in [0.717, 1.165) is 21.9 Å². The van der Waals surface area contributed by atoms with Crippen LogP contribution in [-0.2, 0) is 0 Å². The minimum Gasteiger partial charge on any atom is -0.333 e. The number of aryl methyl sites for hydroxylation is 1. The maximum absolute atomic E-state index is 5.44. The van der Waals surface area contributed by atoms with Gasteiger partial charge in [-0.05, 0) is 24.6 Å². The van der Waals surface area contributed by atoms with Crippen LogP contribution in [0.2, 0.25) is 0 Å². The van der Waals surface area contributed by atoms with E-state index in [1.165, 1.54) is 11.1 Å². The highest BCUT2D eigenvalue weighted by molar-refractivity contribution is 7.99. The highest BCUT2D eigenvalue weighted by Gasteiger charge is 2.01. The maximum atomic E-state index is 5.44. The van der Waals surface area contributed by atoms with Gasteiger partial charge in [-0.25, -0.2) is 4.98 Å². The van der Waals surface area contributed by atoms with Crippen molar-refractivity contribution in [1.29, 1.82) is 0 Å². The summed E-state index contributed by atoms with van der Waals surface area (Å²) in [6.07, 6.45) is 1.89. The third-order valence-corrected chi connectivity index (χ3v) is 3.03. The second-order valence-corrected chi connectivity index (χ2v) is 4.50. The maximum Gasteiger partial charge on any atom is 0.166 e. The number of aromatic amines is 1. The summed E-state index contributed by atoms with van der Waals surface area (Å²) in [6, 6.07) is 6.20. The molecule has 1 N–H and O–H groups in total. The Kier molecular flexibility index (Phi) is 3.34. The van der Waals surface area contributed by atoms with Gasteiger partial charge >= 0.3 is 0 Å². The largest absolute Gasteiger partial charge is 0.333 e. The van der Waals surface area contributed by atoms with E-state index in [9.17, 15) is 0 Å². The molecule has 1 aromatic heterocycles. The fraction of sp³-hybridized carbons (Fsp3) is 0.182. The van der Waals surface area contributed by atoms with Gasteiger partial charge in [0.15, 0.2) is 5.16 Å². The Morgan fingerprint density at radius 1 is 1.53 bits per heavy atom. The molecule has 2 aromatic rings. The van der Waals surface area contributed by atoms with E-state index in [2.05, 4.69) is 29.0 Å². The van der Waals surface area contributed by atoms with Crippen LogP contribution in [0.3, 0.4) is 0 Å². The molecule has 0 unspecified atom stereocenters. The molecule has 1 aromatic carbocycles. The lowest BCUT2D eigenvalue weighted by atomic mass is 10.2. The molecule has 0 fully saturated rings. The number of benzene rings is 1. The SMILES string of the molecule is Cc1ccc2nc(SC/C=C/Cl)[nH]c2c1. The van der Waals surface area contributed by atoms with Crippen LogP contribution in [0.4, 0.5) is 0 Å². The monoisotopic (exact) mass is 238 g/mol. The Hall–Kier alpha value is -0.930. The number of aromatic nitrogens is 2. The first-order valence-corrected chi connectivity index (χ1v) is 6.06. The van der Waals surface area contributed by atoms with E-state index in [0.29, 0.717) is 0 Å². The average Bonchev–Trinajstić information content (AvgIpc) is 2.60. The third kappa shape index (κ3) is 2.55. The van der Waals surface area contributed by atoms with Gasteiger partial charge in [-0.1, -0.05) is 35.5 Å². The van der Waals surface area contributed by atoms with Gasteiger partial charge in [-0.2, -0.15) is 0 Å². The van der Waals surface area contributed by atoms with E-state index >= 15 is 0 Å². The molecule has 0 saturated heterocycles. The van der Waals surface area contributed by atoms with Gasteiger partial charge in [0.2, 0.25) is 0 Å². The second-order valence-electron chi connectivity index (χ2n) is 3.24. The summed E-state index contributed by atoms with van der Waals surface area (Å²) >= 11 is 7.08. The van der Waals surface area contributed by atoms with E-state index in [1.807, 2.05) is 12.1 Å². The minimum absolute atomic E-state index is 0.836. The van der Waals surface area contributed by atoms with Gasteiger partial charge in [0.1, 0.15) is 0 Å². The summed E-state index contributed by atoms with van der Waals surface area (Å²) in [5.74, 6) is 0.836. The number of nitrogens with zero attached hydrogens (tertiary/aromatic N) is 1. The summed E-state index contributed by atoms with van der Waals surface area (Å²) < 4.78 is 0. The van der Waals surface area contributed by atoms with Crippen LogP contribution in [0.5, 0.6) is 0 Å². The van der Waals surface area contributed by atoms with Crippen LogP contribution >= 0.6 is 23.4 Å². The number of fused-ring (bicyclic) bond motifs is 1. The van der Waals surface area contributed by atoms with Crippen molar-refractivity contribution in [2.24, 2.45) is 0 Å². The van der Waals surface area contributed by atoms with Crippen LogP contribution in [-0.4, -0.2) is 15.7 Å². The van der Waals surface area contributed by atoms with Crippen molar-refractivity contribution in [2.75, 3.05) is 5.75 Å². The van der Waals surface area contributed by atoms with Crippen molar-refractivity contribution in [3.63, 3.8) is 0 Å². The lowest BCUT2D eigenvalue weighted by Crippen LogP contribution is -1.75. The Morgan fingerprint density at radius 2 is 2.40 bits per heavy atom. The molecule has 2 rings (SSSR count). The van der Waals surface area contributed by atoms with Gasteiger partial charge < -0.3 is 4.98 Å². The van der Waals surface area contributed by atoms with Crippen molar-refractivity contribution in [2.45, 2.75) is 12.1 Å². The first-order valence-electron chi connectivity index (χ1n) is 4.64. The zero-order chi connectivity index (χ0) is 10.7. The molecule has 0 bridgehead atoms. The fourth-order valence-corrected chi connectivity index (χ4v) is 2.22. The number of hydrogen-bond donors (Lipinski definition) is 1. The Bertz CT molecular complexity index is 490. The molecular formula is C11H11ClN2S. The predicted molar refractivity (Wildman–Crippen MR) is 66.5 cm³/mol. The number of imidazole rings is 1. The number of halogens is 1. The molecule has 0 saturated carbocycles. The van der Waals surface area contributed by atoms with E-state index in [1.54, 1.807) is 11.8 Å². The lowest BCUT2D eigenvalue weighted by Gasteiger charge is -1.89. The van der Waals surface area contributed by atoms with Crippen LogP contribution in [0.25, 0.3) is 11.0 Å². The number of hydrogen-bond acceptors (Lipinski definition) is 2. The van der Waals surface area contributed by atoms with Gasteiger partial charge in [0.25, 0.3) is 0 Å². The topological polar surface area (TPSA) is 28.7 Å². The molecule has 78 valence electrons. The lowest BCUT2D eigenvalue weighted by molar-refractivity contribution is 1.08. The first-order chi connectivity index (χ1) is 7.29. The van der Waals surface area contributed by atoms with Crippen molar-refractivity contribution < 1.29 is 0 Å². The van der Waals surface area contributed by atoms with Crippen molar-refractivity contribution >= 4 is 34.4 Å². The number of rotatable bonds is 3. The number of thioether (sulfide) groups is 1. The molecule has 0 aliphatic rings. The Labute approximate surface area is 97.7 Å². The van der Waals surface area contributed by atoms with Gasteiger partial charge in [0.05, 0.1) is 11.0 Å². The molecule has 0 spiro atoms. The summed E-state index contributed by atoms with van der Waals surface area (Å²) in [5.41, 5.74) is 4.87. The number of nitrogens with one attached hydrogen (secondary N) is 1. The van der Waals surface area contributed by atoms with Gasteiger partial charge in [-0.3, -0.25) is 0 Å². The predicted octanol–water partition coefficient (Wildman–Crippen LogP) is 3.72. The molecule has 0 aliphatic carbocycles. The first kappa shape index (κ1) is 10.6. The van der Waals surface area contributed by atoms with E-state index in [4.69, 9.17) is 11.6 Å². The molecule has 0 amide bonds. The van der Waals surface area contributed by atoms with E-state index < -0.39 is 0 Å². The third-order valence-electron chi connectivity index (χ3n) is 2.02. The molecule has 0 radical (unpaired) electrons. The normalized spacial score (nSPS) is 11.6. The van der Waals surface area contributed by atoms with Crippen LogP contribution in [0.15, 0.2) is 35.0 Å². The smallest absolute Gasteiger partial charge is 0.166 e. The fourth-order valence-electron chi connectivity index (χ4n) is 1.33. The molecule has 0 atom stereocenters. The van der Waals surface area contributed by atoms with Crippen molar-refractivity contribution in [3.05, 3.63) is 35.4 Å². The summed E-state index contributed by atoms with van der Waals surface area (Å²) in [7, 11) is 0. The van der Waals surface area contributed by atoms with Crippen LogP contribution < -0.4 is 0 Å². The summed E-state index contributed by atoms with van der Waals surface area (Å²) in [4.78, 5) is 7.73. The molecule has 2 nitrogen and oxygen atoms in total. The van der Waals surface area contributed by atoms with Crippen LogP contribution in [0.1, 0.15) is 5.56 Å². The zero-order valence-corrected chi connectivity index (χ0v) is 9.90. The quantitative estimate of drug-likeness (QED) is 0.826. The van der Waals surface area contributed by atoms with E-state index in [-0.39, 0.29) is 0 Å². The highest BCUT2D eigenvalue weighted by Crippen LogP contribution is 2.20. The summed E-state index contributed by atoms with van der Waals surface area (Å²) in [6.45, 7) is 2.07. The molecule has 15 heavy (non-hydrogen) atoms. The Morgan fingerprint density at radius 3 is 3.20 bits per heavy atom. The van der Waals surface area contributed by atoms with Crippen molar-refractivity contribution in [3.8, 4) is 0 Å². The standard InChI is InChI=1S/C11H11ClN2S/c1-8-3-4-9-10(7-8)14-11(13-9)15-6-2-5-12/h2-5,7H,6H2,1H3,(H,13,14)/b5-2+. The summed E-state index contributed by atoms with van der Waals surface area (Å²) in [5, 5.41) is 0.936. The van der Waals surface area contributed by atoms with Crippen LogP contribution in [0, 0.1) is 6.92 Å². The van der Waals surface area contributed by atoms with Crippen molar-refractivity contribution in [1.82, 2.24) is 9.97 Å². The minimum atomic E-state index is 0.836. The van der Waals surface area contributed by atoms with Gasteiger partial charge in [0, 0.05) is 11.3 Å². The second kappa shape index (κ2) is 4.73.